The zero-order chi connectivity index (χ0) is 16.9. The van der Waals surface area contributed by atoms with Gasteiger partial charge in [-0.25, -0.2) is 0 Å². The van der Waals surface area contributed by atoms with Crippen LogP contribution in [0.4, 0.5) is 0 Å². The normalized spacial score (nSPS) is 12.6. The van der Waals surface area contributed by atoms with Gasteiger partial charge in [-0.1, -0.05) is 6.07 Å². The van der Waals surface area contributed by atoms with Gasteiger partial charge in [0.2, 0.25) is 0 Å². The van der Waals surface area contributed by atoms with Gasteiger partial charge in [0.25, 0.3) is 5.91 Å². The van der Waals surface area contributed by atoms with Crippen molar-refractivity contribution in [1.82, 2.24) is 5.32 Å². The van der Waals surface area contributed by atoms with Crippen LogP contribution >= 0.6 is 15.9 Å². The lowest BCUT2D eigenvalue weighted by Gasteiger charge is -2.27. The zero-order valence-electron chi connectivity index (χ0n) is 13.3. The van der Waals surface area contributed by atoms with Crippen LogP contribution in [0.25, 0.3) is 0 Å². The first kappa shape index (κ1) is 18.5. The molecule has 0 radical (unpaired) electrons. The molecule has 0 aliphatic heterocycles. The van der Waals surface area contributed by atoms with E-state index in [0.717, 1.165) is 10.0 Å². The highest BCUT2D eigenvalue weighted by molar-refractivity contribution is 9.10. The molecule has 0 heterocycles. The molecule has 0 bridgehead atoms. The van der Waals surface area contributed by atoms with Gasteiger partial charge in [-0.15, -0.1) is 0 Å². The van der Waals surface area contributed by atoms with E-state index in [1.165, 1.54) is 0 Å². The molecule has 6 heteroatoms. The second kappa shape index (κ2) is 7.63. The average molecular weight is 372 g/mol. The lowest BCUT2D eigenvalue weighted by molar-refractivity contribution is -0.138. The minimum Gasteiger partial charge on any atom is -0.481 e. The third-order valence-electron chi connectivity index (χ3n) is 3.19. The van der Waals surface area contributed by atoms with Gasteiger partial charge in [0, 0.05) is 12.0 Å². The van der Waals surface area contributed by atoms with Gasteiger partial charge >= 0.3 is 5.97 Å². The van der Waals surface area contributed by atoms with E-state index in [4.69, 9.17) is 9.84 Å². The van der Waals surface area contributed by atoms with Crippen molar-refractivity contribution < 1.29 is 19.4 Å². The van der Waals surface area contributed by atoms with Crippen molar-refractivity contribution in [2.75, 3.05) is 0 Å². The second-order valence-corrected chi connectivity index (χ2v) is 6.82. The molecule has 1 atom stereocenters. The topological polar surface area (TPSA) is 75.6 Å². The molecule has 1 unspecified atom stereocenters. The third kappa shape index (κ3) is 6.05. The number of benzene rings is 1. The van der Waals surface area contributed by atoms with E-state index in [1.807, 2.05) is 19.1 Å². The predicted molar refractivity (Wildman–Crippen MR) is 88.1 cm³/mol. The number of halogens is 1. The van der Waals surface area contributed by atoms with Gasteiger partial charge in [-0.2, -0.15) is 0 Å². The molecule has 1 aromatic rings. The highest BCUT2D eigenvalue weighted by atomic mass is 79.9. The Bertz CT molecular complexity index is 557. The van der Waals surface area contributed by atoms with Crippen LogP contribution in [0.2, 0.25) is 0 Å². The maximum Gasteiger partial charge on any atom is 0.303 e. The van der Waals surface area contributed by atoms with Crippen molar-refractivity contribution >= 4 is 27.8 Å². The van der Waals surface area contributed by atoms with E-state index in [2.05, 4.69) is 21.2 Å². The minimum absolute atomic E-state index is 0.00598. The number of nitrogens with one attached hydrogen (secondary N) is 1. The minimum atomic E-state index is -0.879. The third-order valence-corrected chi connectivity index (χ3v) is 3.81. The summed E-state index contributed by atoms with van der Waals surface area (Å²) in [7, 11) is 0. The Labute approximate surface area is 139 Å². The van der Waals surface area contributed by atoms with Crippen LogP contribution in [0, 0.1) is 6.92 Å². The van der Waals surface area contributed by atoms with E-state index in [0.29, 0.717) is 12.2 Å². The maximum absolute atomic E-state index is 12.2. The summed E-state index contributed by atoms with van der Waals surface area (Å²) >= 11 is 3.40. The molecule has 2 N–H and O–H groups in total. The second-order valence-electron chi connectivity index (χ2n) is 5.96. The summed E-state index contributed by atoms with van der Waals surface area (Å²) in [6, 6.07) is 5.62. The highest BCUT2D eigenvalue weighted by Gasteiger charge is 2.25. The molecule has 122 valence electrons. The molecule has 1 aromatic carbocycles. The monoisotopic (exact) mass is 371 g/mol. The molecule has 0 aliphatic carbocycles. The first-order chi connectivity index (χ1) is 10.1. The summed E-state index contributed by atoms with van der Waals surface area (Å²) in [6.45, 7) is 7.22. The first-order valence-electron chi connectivity index (χ1n) is 7.07. The molecule has 0 aliphatic rings. The van der Waals surface area contributed by atoms with Crippen LogP contribution in [0.15, 0.2) is 22.7 Å². The number of hydrogen-bond acceptors (Lipinski definition) is 3. The van der Waals surface area contributed by atoms with Crippen molar-refractivity contribution in [3.8, 4) is 5.75 Å². The fraction of sp³-hybridized carbons (Fsp3) is 0.500. The Kier molecular flexibility index (Phi) is 6.41. The van der Waals surface area contributed by atoms with Crippen molar-refractivity contribution in [3.05, 3.63) is 28.2 Å². The van der Waals surface area contributed by atoms with E-state index in [1.54, 1.807) is 26.8 Å². The van der Waals surface area contributed by atoms with Crippen molar-refractivity contribution in [2.45, 2.75) is 52.2 Å². The number of carboxylic acid groups (broad SMARTS) is 1. The number of carbonyl (C=O) groups is 2. The highest BCUT2D eigenvalue weighted by Crippen LogP contribution is 2.26. The number of aryl methyl sites for hydroxylation is 1. The van der Waals surface area contributed by atoms with E-state index >= 15 is 0 Å². The van der Waals surface area contributed by atoms with E-state index in [9.17, 15) is 9.59 Å². The van der Waals surface area contributed by atoms with Crippen LogP contribution in [-0.4, -0.2) is 28.6 Å². The Morgan fingerprint density at radius 1 is 1.41 bits per heavy atom. The standard InChI is InChI=1S/C16H22BrNO4/c1-10-5-6-13(12(17)9-10)22-11(2)15(21)18-16(3,4)8-7-14(19)20/h5-6,9,11H,7-8H2,1-4H3,(H,18,21)(H,19,20). The Balaban J connectivity index is 2.63. The summed E-state index contributed by atoms with van der Waals surface area (Å²) in [5.41, 5.74) is 0.489. The van der Waals surface area contributed by atoms with E-state index in [-0.39, 0.29) is 12.3 Å². The van der Waals surface area contributed by atoms with Crippen molar-refractivity contribution in [3.63, 3.8) is 0 Å². The van der Waals surface area contributed by atoms with Gasteiger partial charge in [0.1, 0.15) is 5.75 Å². The number of aliphatic carboxylic acids is 1. The van der Waals surface area contributed by atoms with Crippen molar-refractivity contribution in [1.29, 1.82) is 0 Å². The van der Waals surface area contributed by atoms with Crippen molar-refractivity contribution in [2.24, 2.45) is 0 Å². The van der Waals surface area contributed by atoms with Gasteiger partial charge in [-0.3, -0.25) is 9.59 Å². The molecule has 0 spiro atoms. The molecule has 0 saturated heterocycles. The van der Waals surface area contributed by atoms with Crippen LogP contribution in [0.5, 0.6) is 5.75 Å². The lowest BCUT2D eigenvalue weighted by Crippen LogP contribution is -2.48. The van der Waals surface area contributed by atoms with Crippen LogP contribution < -0.4 is 10.1 Å². The molecule has 0 saturated carbocycles. The zero-order valence-corrected chi connectivity index (χ0v) is 14.9. The predicted octanol–water partition coefficient (Wildman–Crippen LogP) is 3.28. The Hall–Kier alpha value is -1.56. The van der Waals surface area contributed by atoms with Gasteiger partial charge in [0.15, 0.2) is 6.10 Å². The molecule has 22 heavy (non-hydrogen) atoms. The SMILES string of the molecule is Cc1ccc(OC(C)C(=O)NC(C)(C)CCC(=O)O)c(Br)c1. The first-order valence-corrected chi connectivity index (χ1v) is 7.86. The summed E-state index contributed by atoms with van der Waals surface area (Å²) in [5.74, 6) is -0.560. The van der Waals surface area contributed by atoms with Crippen LogP contribution in [-0.2, 0) is 9.59 Å². The average Bonchev–Trinajstić information content (AvgIpc) is 2.39. The quantitative estimate of drug-likeness (QED) is 0.770. The van der Waals surface area contributed by atoms with Crippen LogP contribution in [0.3, 0.4) is 0 Å². The van der Waals surface area contributed by atoms with Crippen LogP contribution in [0.1, 0.15) is 39.2 Å². The number of hydrogen-bond donors (Lipinski definition) is 2. The van der Waals surface area contributed by atoms with E-state index < -0.39 is 17.6 Å². The Morgan fingerprint density at radius 3 is 2.59 bits per heavy atom. The summed E-state index contributed by atoms with van der Waals surface area (Å²) in [5, 5.41) is 11.5. The largest absolute Gasteiger partial charge is 0.481 e. The number of rotatable bonds is 7. The smallest absolute Gasteiger partial charge is 0.303 e. The number of carbonyl (C=O) groups excluding carboxylic acids is 1. The molecule has 5 nitrogen and oxygen atoms in total. The molecule has 0 aromatic heterocycles. The molecular formula is C16H22BrNO4. The van der Waals surface area contributed by atoms with Gasteiger partial charge in [-0.05, 0) is 67.7 Å². The number of ether oxygens (including phenoxy) is 1. The molecular weight excluding hydrogens is 350 g/mol. The summed E-state index contributed by atoms with van der Waals surface area (Å²) in [6.07, 6.45) is -0.316. The van der Waals surface area contributed by atoms with Gasteiger partial charge < -0.3 is 15.2 Å². The summed E-state index contributed by atoms with van der Waals surface area (Å²) in [4.78, 5) is 22.8. The molecule has 0 fully saturated rings. The Morgan fingerprint density at radius 2 is 2.05 bits per heavy atom. The fourth-order valence-electron chi connectivity index (χ4n) is 1.86. The fourth-order valence-corrected chi connectivity index (χ4v) is 2.45. The number of amides is 1. The molecule has 1 rings (SSSR count). The lowest BCUT2D eigenvalue weighted by atomic mass is 9.98. The van der Waals surface area contributed by atoms with Gasteiger partial charge in [0.05, 0.1) is 4.47 Å². The molecule has 1 amide bonds. The number of carboxylic acids is 1. The maximum atomic E-state index is 12.2. The summed E-state index contributed by atoms with van der Waals surface area (Å²) < 4.78 is 6.45.